The first-order chi connectivity index (χ1) is 13.6. The molecule has 1 heterocycles. The van der Waals surface area contributed by atoms with E-state index in [1.54, 1.807) is 24.3 Å². The van der Waals surface area contributed by atoms with E-state index >= 15 is 0 Å². The highest BCUT2D eigenvalue weighted by atomic mass is 32.2. The van der Waals surface area contributed by atoms with E-state index in [0.717, 1.165) is 18.4 Å². The SMILES string of the molecule is O=C(CCc1ccc(S(=O)(=O)N2CCOCC2)cc1)NCCC1=CCCCC1. The number of allylic oxidation sites excluding steroid dienone is 1. The first kappa shape index (κ1) is 21.0. The Hall–Kier alpha value is -1.70. The molecular formula is C21H30N2O4S. The lowest BCUT2D eigenvalue weighted by Crippen LogP contribution is -2.40. The Morgan fingerprint density at radius 2 is 1.82 bits per heavy atom. The van der Waals surface area contributed by atoms with Crippen molar-refractivity contribution >= 4 is 15.9 Å². The molecule has 1 aliphatic heterocycles. The van der Waals surface area contributed by atoms with Gasteiger partial charge in [0.2, 0.25) is 15.9 Å². The number of ether oxygens (including phenoxy) is 1. The number of nitrogens with one attached hydrogen (secondary N) is 1. The van der Waals surface area contributed by atoms with Crippen molar-refractivity contribution < 1.29 is 17.9 Å². The van der Waals surface area contributed by atoms with Gasteiger partial charge in [0, 0.05) is 26.1 Å². The fourth-order valence-electron chi connectivity index (χ4n) is 3.60. The summed E-state index contributed by atoms with van der Waals surface area (Å²) in [4.78, 5) is 12.3. The van der Waals surface area contributed by atoms with Crippen LogP contribution in [0, 0.1) is 0 Å². The molecule has 0 spiro atoms. The molecule has 0 atom stereocenters. The minimum atomic E-state index is -3.46. The molecule has 6 nitrogen and oxygen atoms in total. The number of carbonyl (C=O) groups excluding carboxylic acids is 1. The monoisotopic (exact) mass is 406 g/mol. The van der Waals surface area contributed by atoms with Gasteiger partial charge < -0.3 is 10.1 Å². The topological polar surface area (TPSA) is 75.7 Å². The van der Waals surface area contributed by atoms with Gasteiger partial charge in [-0.05, 0) is 56.2 Å². The van der Waals surface area contributed by atoms with Gasteiger partial charge in [0.15, 0.2) is 0 Å². The van der Waals surface area contributed by atoms with Gasteiger partial charge in [-0.2, -0.15) is 4.31 Å². The Morgan fingerprint density at radius 1 is 1.07 bits per heavy atom. The predicted octanol–water partition coefficient (Wildman–Crippen LogP) is 2.65. The van der Waals surface area contributed by atoms with Gasteiger partial charge in [-0.1, -0.05) is 23.8 Å². The number of sulfonamides is 1. The van der Waals surface area contributed by atoms with Crippen LogP contribution in [-0.4, -0.2) is 51.5 Å². The molecule has 0 bridgehead atoms. The van der Waals surface area contributed by atoms with E-state index in [-0.39, 0.29) is 5.91 Å². The lowest BCUT2D eigenvalue weighted by atomic mass is 9.97. The second-order valence-electron chi connectivity index (χ2n) is 7.37. The maximum absolute atomic E-state index is 12.6. The largest absolute Gasteiger partial charge is 0.379 e. The highest BCUT2D eigenvalue weighted by Crippen LogP contribution is 2.20. The second kappa shape index (κ2) is 10.2. The maximum Gasteiger partial charge on any atom is 0.243 e. The van der Waals surface area contributed by atoms with Crippen LogP contribution in [0.4, 0.5) is 0 Å². The van der Waals surface area contributed by atoms with Crippen molar-refractivity contribution in [3.8, 4) is 0 Å². The third-order valence-electron chi connectivity index (χ3n) is 5.33. The summed E-state index contributed by atoms with van der Waals surface area (Å²) in [5, 5.41) is 2.98. The van der Waals surface area contributed by atoms with Gasteiger partial charge in [-0.15, -0.1) is 0 Å². The molecule has 1 amide bonds. The van der Waals surface area contributed by atoms with E-state index in [2.05, 4.69) is 11.4 Å². The highest BCUT2D eigenvalue weighted by molar-refractivity contribution is 7.89. The normalized spacial score (nSPS) is 18.5. The Morgan fingerprint density at radius 3 is 2.50 bits per heavy atom. The van der Waals surface area contributed by atoms with Crippen molar-refractivity contribution in [1.29, 1.82) is 0 Å². The van der Waals surface area contributed by atoms with Crippen LogP contribution in [0.1, 0.15) is 44.1 Å². The number of morpholine rings is 1. The van der Waals surface area contributed by atoms with Crippen molar-refractivity contribution in [2.75, 3.05) is 32.8 Å². The van der Waals surface area contributed by atoms with E-state index in [1.807, 2.05) is 0 Å². The quantitative estimate of drug-likeness (QED) is 0.674. The maximum atomic E-state index is 12.6. The van der Waals surface area contributed by atoms with Crippen molar-refractivity contribution in [1.82, 2.24) is 9.62 Å². The summed E-state index contributed by atoms with van der Waals surface area (Å²) in [5.74, 6) is 0.0430. The Kier molecular flexibility index (Phi) is 7.65. The Balaban J connectivity index is 1.43. The van der Waals surface area contributed by atoms with Crippen LogP contribution in [0.25, 0.3) is 0 Å². The summed E-state index contributed by atoms with van der Waals surface area (Å²) in [5.41, 5.74) is 2.43. The summed E-state index contributed by atoms with van der Waals surface area (Å²) < 4.78 is 31.9. The molecule has 0 aromatic heterocycles. The fraction of sp³-hybridized carbons (Fsp3) is 0.571. The van der Waals surface area contributed by atoms with E-state index in [1.165, 1.54) is 29.1 Å². The van der Waals surface area contributed by atoms with Gasteiger partial charge >= 0.3 is 0 Å². The van der Waals surface area contributed by atoms with Crippen molar-refractivity contribution in [3.63, 3.8) is 0 Å². The first-order valence-corrected chi connectivity index (χ1v) is 11.6. The van der Waals surface area contributed by atoms with Crippen molar-refractivity contribution in [3.05, 3.63) is 41.5 Å². The number of hydrogen-bond donors (Lipinski definition) is 1. The molecule has 1 aromatic rings. The fourth-order valence-corrected chi connectivity index (χ4v) is 5.01. The van der Waals surface area contributed by atoms with Crippen LogP contribution >= 0.6 is 0 Å². The number of rotatable bonds is 8. The van der Waals surface area contributed by atoms with E-state index < -0.39 is 10.0 Å². The van der Waals surface area contributed by atoms with Gasteiger partial charge in [0.1, 0.15) is 0 Å². The zero-order chi connectivity index (χ0) is 19.8. The predicted molar refractivity (Wildman–Crippen MR) is 109 cm³/mol. The molecule has 3 rings (SSSR count). The molecule has 1 N–H and O–H groups in total. The van der Waals surface area contributed by atoms with Crippen LogP contribution in [0.15, 0.2) is 40.8 Å². The lowest BCUT2D eigenvalue weighted by molar-refractivity contribution is -0.121. The number of benzene rings is 1. The molecule has 0 saturated carbocycles. The number of nitrogens with zero attached hydrogens (tertiary/aromatic N) is 1. The standard InChI is InChI=1S/C21H30N2O4S/c24-21(22-13-12-18-4-2-1-3-5-18)11-8-19-6-9-20(10-7-19)28(25,26)23-14-16-27-17-15-23/h4,6-7,9-10H,1-3,5,8,11-17H2,(H,22,24). The molecule has 1 saturated heterocycles. The minimum Gasteiger partial charge on any atom is -0.379 e. The van der Waals surface area contributed by atoms with Crippen LogP contribution < -0.4 is 5.32 Å². The summed E-state index contributed by atoms with van der Waals surface area (Å²) in [6, 6.07) is 6.86. The van der Waals surface area contributed by atoms with Crippen molar-refractivity contribution in [2.45, 2.75) is 49.8 Å². The van der Waals surface area contributed by atoms with Gasteiger partial charge in [0.25, 0.3) is 0 Å². The average molecular weight is 407 g/mol. The van der Waals surface area contributed by atoms with Crippen molar-refractivity contribution in [2.24, 2.45) is 0 Å². The third-order valence-corrected chi connectivity index (χ3v) is 7.24. The Labute approximate surface area is 168 Å². The van der Waals surface area contributed by atoms with E-state index in [0.29, 0.717) is 50.6 Å². The van der Waals surface area contributed by atoms with Crippen LogP contribution in [0.3, 0.4) is 0 Å². The molecule has 0 radical (unpaired) electrons. The second-order valence-corrected chi connectivity index (χ2v) is 9.31. The summed E-state index contributed by atoms with van der Waals surface area (Å²) in [6.45, 7) is 2.34. The lowest BCUT2D eigenvalue weighted by Gasteiger charge is -2.26. The number of carbonyl (C=O) groups is 1. The van der Waals surface area contributed by atoms with E-state index in [4.69, 9.17) is 4.74 Å². The average Bonchev–Trinajstić information content (AvgIpc) is 2.74. The number of hydrogen-bond acceptors (Lipinski definition) is 4. The molecule has 154 valence electrons. The smallest absolute Gasteiger partial charge is 0.243 e. The number of amides is 1. The summed E-state index contributed by atoms with van der Waals surface area (Å²) >= 11 is 0. The zero-order valence-electron chi connectivity index (χ0n) is 16.4. The Bertz CT molecular complexity index is 781. The molecule has 2 aliphatic rings. The van der Waals surface area contributed by atoms with Crippen LogP contribution in [-0.2, 0) is 26.0 Å². The van der Waals surface area contributed by atoms with Crippen LogP contribution in [0.5, 0.6) is 0 Å². The minimum absolute atomic E-state index is 0.0430. The molecule has 0 unspecified atom stereocenters. The zero-order valence-corrected chi connectivity index (χ0v) is 17.2. The van der Waals surface area contributed by atoms with Gasteiger partial charge in [-0.3, -0.25) is 4.79 Å². The molecule has 7 heteroatoms. The summed E-state index contributed by atoms with van der Waals surface area (Å²) in [6.07, 6.45) is 9.14. The molecule has 1 aromatic carbocycles. The third kappa shape index (κ3) is 5.90. The highest BCUT2D eigenvalue weighted by Gasteiger charge is 2.26. The molecule has 1 fully saturated rings. The molecular weight excluding hydrogens is 376 g/mol. The van der Waals surface area contributed by atoms with E-state index in [9.17, 15) is 13.2 Å². The van der Waals surface area contributed by atoms with Crippen LogP contribution in [0.2, 0.25) is 0 Å². The molecule has 28 heavy (non-hydrogen) atoms. The molecule has 1 aliphatic carbocycles. The first-order valence-electron chi connectivity index (χ1n) is 10.2. The summed E-state index contributed by atoms with van der Waals surface area (Å²) in [7, 11) is -3.46. The van der Waals surface area contributed by atoms with Gasteiger partial charge in [-0.25, -0.2) is 8.42 Å². The van der Waals surface area contributed by atoms with Gasteiger partial charge in [0.05, 0.1) is 18.1 Å². The number of aryl methyl sites for hydroxylation is 1.